The van der Waals surface area contributed by atoms with Gasteiger partial charge in [0.25, 0.3) is 15.0 Å². The first kappa shape index (κ1) is 25.1. The van der Waals surface area contributed by atoms with Crippen LogP contribution in [0, 0.1) is 17.2 Å². The average molecular weight is 526 g/mol. The first-order chi connectivity index (χ1) is 15.5. The Hall–Kier alpha value is -2.57. The first-order valence-corrected chi connectivity index (χ1v) is 12.8. The Morgan fingerprint density at radius 1 is 1.21 bits per heavy atom. The van der Waals surface area contributed by atoms with E-state index >= 15 is 0 Å². The van der Waals surface area contributed by atoms with Gasteiger partial charge >= 0.3 is 0 Å². The predicted molar refractivity (Wildman–Crippen MR) is 129 cm³/mol. The Bertz CT molecular complexity index is 1300. The van der Waals surface area contributed by atoms with Crippen LogP contribution in [0.15, 0.2) is 65.9 Å². The molecule has 7 nitrogen and oxygen atoms in total. The van der Waals surface area contributed by atoms with Crippen LogP contribution in [0.5, 0.6) is 0 Å². The van der Waals surface area contributed by atoms with E-state index in [4.69, 9.17) is 39.1 Å². The fourth-order valence-corrected chi connectivity index (χ4v) is 5.07. The van der Waals surface area contributed by atoms with E-state index in [0.29, 0.717) is 15.7 Å². The highest BCUT2D eigenvalue weighted by Crippen LogP contribution is 2.44. The maximum Gasteiger partial charge on any atom is 0.278 e. The van der Waals surface area contributed by atoms with Crippen LogP contribution in [-0.4, -0.2) is 23.9 Å². The minimum atomic E-state index is -4.20. The van der Waals surface area contributed by atoms with Gasteiger partial charge in [-0.1, -0.05) is 59.7 Å². The van der Waals surface area contributed by atoms with Crippen molar-refractivity contribution in [3.8, 4) is 6.07 Å². The van der Waals surface area contributed by atoms with Gasteiger partial charge in [0.1, 0.15) is 5.54 Å². The molecule has 2 heterocycles. The number of nitriles is 1. The van der Waals surface area contributed by atoms with Crippen LogP contribution >= 0.6 is 33.9 Å². The predicted octanol–water partition coefficient (Wildman–Crippen LogP) is 5.73. The Balaban J connectivity index is 2.04. The third-order valence-electron chi connectivity index (χ3n) is 5.05. The Morgan fingerprint density at radius 2 is 1.88 bits per heavy atom. The molecular formula is C22H19Cl3N4O3S. The standard InChI is InChI=1S/C22H19Cl3N4O3S/c1-3-7-15(13-26)8-5-4-6-9-22(2)20(30)28(18-11-16(23)10-17(24)12-18)21-27-14-19(29(21)22)33(25,31)32/h3-8,10-12,14-15H,9H2,1-2H3/b6-4+,7-3-,8-5?/t15?,22-/m1/s1. The van der Waals surface area contributed by atoms with E-state index in [2.05, 4.69) is 11.1 Å². The minimum absolute atomic E-state index is 0.0848. The van der Waals surface area contributed by atoms with Gasteiger partial charge in [-0.25, -0.2) is 18.3 Å². The number of nitrogens with zero attached hydrogens (tertiary/aromatic N) is 4. The second-order valence-electron chi connectivity index (χ2n) is 7.41. The molecule has 0 bridgehead atoms. The van der Waals surface area contributed by atoms with E-state index < -0.39 is 20.5 Å². The number of allylic oxidation sites excluding steroid dienone is 6. The molecule has 0 aliphatic carbocycles. The lowest BCUT2D eigenvalue weighted by Gasteiger charge is -2.24. The van der Waals surface area contributed by atoms with Crippen LogP contribution in [0.25, 0.3) is 0 Å². The molecule has 2 atom stereocenters. The van der Waals surface area contributed by atoms with E-state index in [-0.39, 0.29) is 23.3 Å². The Labute approximate surface area is 206 Å². The highest BCUT2D eigenvalue weighted by Gasteiger charge is 2.51. The van der Waals surface area contributed by atoms with Crippen LogP contribution in [-0.2, 0) is 19.4 Å². The molecule has 3 rings (SSSR count). The molecule has 1 aromatic carbocycles. The highest BCUT2D eigenvalue weighted by atomic mass is 35.7. The maximum atomic E-state index is 13.6. The van der Waals surface area contributed by atoms with Crippen molar-refractivity contribution in [3.63, 3.8) is 0 Å². The summed E-state index contributed by atoms with van der Waals surface area (Å²) in [7, 11) is 1.44. The SMILES string of the molecule is C/C=C\C(C#N)C=C/C=C/C[C@]1(C)C(=O)N(c2cc(Cl)cc(Cl)c2)c2ncc(S(=O)(=O)Cl)n21. The number of halogens is 3. The van der Waals surface area contributed by atoms with Gasteiger partial charge in [-0.2, -0.15) is 5.26 Å². The number of hydrogen-bond acceptors (Lipinski definition) is 5. The van der Waals surface area contributed by atoms with E-state index in [1.54, 1.807) is 43.4 Å². The number of carbonyl (C=O) groups is 1. The maximum absolute atomic E-state index is 13.6. The quantitative estimate of drug-likeness (QED) is 0.261. The lowest BCUT2D eigenvalue weighted by atomic mass is 9.96. The summed E-state index contributed by atoms with van der Waals surface area (Å²) in [6.07, 6.45) is 11.6. The minimum Gasteiger partial charge on any atom is -0.284 e. The summed E-state index contributed by atoms with van der Waals surface area (Å²) in [5, 5.41) is 9.42. The molecule has 1 aliphatic rings. The van der Waals surface area contributed by atoms with Gasteiger partial charge in [-0.3, -0.25) is 9.36 Å². The number of amides is 1. The third kappa shape index (κ3) is 5.02. The van der Waals surface area contributed by atoms with Crippen molar-refractivity contribution >= 4 is 60.5 Å². The lowest BCUT2D eigenvalue weighted by Crippen LogP contribution is -2.39. The van der Waals surface area contributed by atoms with Crippen LogP contribution in [0.3, 0.4) is 0 Å². The molecule has 0 saturated carbocycles. The monoisotopic (exact) mass is 524 g/mol. The summed E-state index contributed by atoms with van der Waals surface area (Å²) < 4.78 is 25.7. The van der Waals surface area contributed by atoms with Crippen LogP contribution in [0.2, 0.25) is 10.0 Å². The summed E-state index contributed by atoms with van der Waals surface area (Å²) in [6.45, 7) is 3.43. The number of hydrogen-bond donors (Lipinski definition) is 0. The molecule has 0 saturated heterocycles. The molecule has 0 radical (unpaired) electrons. The number of carbonyl (C=O) groups excluding carboxylic acids is 1. The molecule has 1 aromatic heterocycles. The van der Waals surface area contributed by atoms with Crippen molar-refractivity contribution in [2.45, 2.75) is 30.8 Å². The van der Waals surface area contributed by atoms with Crippen LogP contribution < -0.4 is 4.90 Å². The normalized spacial score (nSPS) is 19.6. The van der Waals surface area contributed by atoms with Crippen molar-refractivity contribution in [3.05, 3.63) is 70.9 Å². The second-order valence-corrected chi connectivity index (χ2v) is 10.8. The summed E-state index contributed by atoms with van der Waals surface area (Å²) in [5.74, 6) is -0.718. The number of fused-ring (bicyclic) bond motifs is 1. The zero-order chi connectivity index (χ0) is 24.4. The molecule has 11 heteroatoms. The van der Waals surface area contributed by atoms with E-state index in [1.165, 1.54) is 27.7 Å². The zero-order valence-electron chi connectivity index (χ0n) is 17.6. The van der Waals surface area contributed by atoms with Crippen molar-refractivity contribution in [2.24, 2.45) is 5.92 Å². The van der Waals surface area contributed by atoms with Crippen molar-refractivity contribution < 1.29 is 13.2 Å². The molecule has 1 aliphatic heterocycles. The summed E-state index contributed by atoms with van der Waals surface area (Å²) in [6, 6.07) is 6.72. The molecular weight excluding hydrogens is 507 g/mol. The largest absolute Gasteiger partial charge is 0.284 e. The number of aromatic nitrogens is 2. The average Bonchev–Trinajstić information content (AvgIpc) is 3.25. The zero-order valence-corrected chi connectivity index (χ0v) is 20.7. The molecule has 0 N–H and O–H groups in total. The fourth-order valence-electron chi connectivity index (χ4n) is 3.55. The van der Waals surface area contributed by atoms with Gasteiger partial charge in [0.15, 0.2) is 5.03 Å². The lowest BCUT2D eigenvalue weighted by molar-refractivity contribution is -0.124. The van der Waals surface area contributed by atoms with Crippen LogP contribution in [0.4, 0.5) is 11.6 Å². The van der Waals surface area contributed by atoms with Crippen molar-refractivity contribution in [1.82, 2.24) is 9.55 Å². The first-order valence-electron chi connectivity index (χ1n) is 9.72. The fraction of sp³-hybridized carbons (Fsp3) is 0.227. The number of anilines is 2. The highest BCUT2D eigenvalue weighted by molar-refractivity contribution is 8.13. The topological polar surface area (TPSA) is 96.1 Å². The van der Waals surface area contributed by atoms with Crippen molar-refractivity contribution in [1.29, 1.82) is 5.26 Å². The van der Waals surface area contributed by atoms with Gasteiger partial charge in [0.2, 0.25) is 5.95 Å². The molecule has 1 amide bonds. The Kier molecular flexibility index (Phi) is 7.39. The molecule has 172 valence electrons. The van der Waals surface area contributed by atoms with Crippen molar-refractivity contribution in [2.75, 3.05) is 4.90 Å². The second kappa shape index (κ2) is 9.74. The van der Waals surface area contributed by atoms with Gasteiger partial charge in [0.05, 0.1) is 23.9 Å². The molecule has 0 fully saturated rings. The third-order valence-corrected chi connectivity index (χ3v) is 6.75. The van der Waals surface area contributed by atoms with Gasteiger partial charge in [0, 0.05) is 20.7 Å². The number of imidazole rings is 1. The van der Waals surface area contributed by atoms with E-state index in [1.807, 2.05) is 6.92 Å². The summed E-state index contributed by atoms with van der Waals surface area (Å²) in [4.78, 5) is 19.0. The Morgan fingerprint density at radius 3 is 2.45 bits per heavy atom. The summed E-state index contributed by atoms with van der Waals surface area (Å²) in [5.41, 5.74) is -1.00. The van der Waals surface area contributed by atoms with Gasteiger partial charge < -0.3 is 0 Å². The molecule has 1 unspecified atom stereocenters. The number of benzene rings is 1. The van der Waals surface area contributed by atoms with Crippen LogP contribution in [0.1, 0.15) is 20.3 Å². The van der Waals surface area contributed by atoms with E-state index in [9.17, 15) is 13.2 Å². The molecule has 0 spiro atoms. The van der Waals surface area contributed by atoms with Gasteiger partial charge in [-0.15, -0.1) is 0 Å². The number of rotatable bonds is 7. The smallest absolute Gasteiger partial charge is 0.278 e. The molecule has 33 heavy (non-hydrogen) atoms. The van der Waals surface area contributed by atoms with E-state index in [0.717, 1.165) is 6.20 Å². The summed E-state index contributed by atoms with van der Waals surface area (Å²) >= 11 is 12.2. The molecule has 2 aromatic rings. The van der Waals surface area contributed by atoms with Gasteiger partial charge in [-0.05, 0) is 38.5 Å².